The van der Waals surface area contributed by atoms with Crippen molar-refractivity contribution in [3.05, 3.63) is 24.4 Å². The van der Waals surface area contributed by atoms with Gasteiger partial charge in [0.1, 0.15) is 0 Å². The second-order valence-corrected chi connectivity index (χ2v) is 6.18. The minimum Gasteiger partial charge on any atom is -0.462 e. The Morgan fingerprint density at radius 3 is 1.83 bits per heavy atom. The molecule has 0 fully saturated rings. The standard InChI is InChI=1S/C7H12O2.C5H12O3Si/c1-4-5-9-7(8)6(2)3;1-5-9(6-2,7-3)8-4/h2,4-5H2,1,3H3;5H,1H2,2-4H3. The Balaban J connectivity index is 0. The highest BCUT2D eigenvalue weighted by Gasteiger charge is 2.33. The van der Waals surface area contributed by atoms with Crippen molar-refractivity contribution in [2.75, 3.05) is 27.9 Å². The molecule has 5 nitrogen and oxygen atoms in total. The van der Waals surface area contributed by atoms with E-state index in [2.05, 4.69) is 13.2 Å². The number of ether oxygens (including phenoxy) is 1. The molecule has 0 aromatic rings. The lowest BCUT2D eigenvalue weighted by Gasteiger charge is -2.19. The fraction of sp³-hybridized carbons (Fsp3) is 0.583. The third kappa shape index (κ3) is 8.18. The van der Waals surface area contributed by atoms with Gasteiger partial charge in [0.05, 0.1) is 6.61 Å². The summed E-state index contributed by atoms with van der Waals surface area (Å²) in [6.07, 6.45) is 0.860. The van der Waals surface area contributed by atoms with E-state index in [-0.39, 0.29) is 5.97 Å². The summed E-state index contributed by atoms with van der Waals surface area (Å²) in [7, 11) is 2.20. The van der Waals surface area contributed by atoms with E-state index in [0.717, 1.165) is 6.42 Å². The summed E-state index contributed by atoms with van der Waals surface area (Å²) in [5.74, 6) is -0.295. The highest BCUT2D eigenvalue weighted by Crippen LogP contribution is 2.04. The molecule has 0 radical (unpaired) electrons. The molecule has 0 aliphatic carbocycles. The number of carbonyl (C=O) groups excluding carboxylic acids is 1. The summed E-state index contributed by atoms with van der Waals surface area (Å²) in [4.78, 5) is 10.6. The van der Waals surface area contributed by atoms with Crippen molar-refractivity contribution in [3.63, 3.8) is 0 Å². The van der Waals surface area contributed by atoms with Crippen LogP contribution in [0.5, 0.6) is 0 Å². The molecule has 0 spiro atoms. The minimum absolute atomic E-state index is 0.295. The van der Waals surface area contributed by atoms with E-state index in [1.54, 1.807) is 34.0 Å². The van der Waals surface area contributed by atoms with Gasteiger partial charge in [0, 0.05) is 26.9 Å². The van der Waals surface area contributed by atoms with Crippen LogP contribution in [0.15, 0.2) is 24.4 Å². The maximum absolute atomic E-state index is 10.6. The van der Waals surface area contributed by atoms with Crippen LogP contribution < -0.4 is 0 Å². The summed E-state index contributed by atoms with van der Waals surface area (Å²) in [6.45, 7) is 11.0. The zero-order valence-corrected chi connectivity index (χ0v) is 12.9. The van der Waals surface area contributed by atoms with Crippen molar-refractivity contribution in [2.24, 2.45) is 0 Å². The molecule has 0 aromatic carbocycles. The fourth-order valence-electron chi connectivity index (χ4n) is 0.818. The molecule has 0 atom stereocenters. The highest BCUT2D eigenvalue weighted by molar-refractivity contribution is 6.66. The van der Waals surface area contributed by atoms with Crippen molar-refractivity contribution in [1.82, 2.24) is 0 Å². The lowest BCUT2D eigenvalue weighted by atomic mass is 10.4. The Hall–Kier alpha value is -0.953. The Labute approximate surface area is 111 Å². The Morgan fingerprint density at radius 2 is 1.67 bits per heavy atom. The van der Waals surface area contributed by atoms with Gasteiger partial charge in [-0.3, -0.25) is 0 Å². The summed E-state index contributed by atoms with van der Waals surface area (Å²) < 4.78 is 19.6. The van der Waals surface area contributed by atoms with Crippen LogP contribution in [0.2, 0.25) is 0 Å². The normalized spacial score (nSPS) is 10.1. The predicted octanol–water partition coefficient (Wildman–Crippen LogP) is 2.11. The van der Waals surface area contributed by atoms with Crippen LogP contribution in [0.25, 0.3) is 0 Å². The van der Waals surface area contributed by atoms with E-state index in [1.165, 1.54) is 0 Å². The molecule has 0 aliphatic rings. The third-order valence-electron chi connectivity index (χ3n) is 1.89. The van der Waals surface area contributed by atoms with Gasteiger partial charge >= 0.3 is 14.8 Å². The molecule has 0 aliphatic heterocycles. The average molecular weight is 276 g/mol. The van der Waals surface area contributed by atoms with E-state index in [9.17, 15) is 4.79 Å². The van der Waals surface area contributed by atoms with E-state index >= 15 is 0 Å². The van der Waals surface area contributed by atoms with Gasteiger partial charge in [-0.15, -0.1) is 0 Å². The Kier molecular flexibility index (Phi) is 12.0. The quantitative estimate of drug-likeness (QED) is 0.405. The number of rotatable bonds is 7. The van der Waals surface area contributed by atoms with Gasteiger partial charge in [-0.2, -0.15) is 0 Å². The van der Waals surface area contributed by atoms with Gasteiger partial charge in [-0.25, -0.2) is 4.79 Å². The van der Waals surface area contributed by atoms with Gasteiger partial charge in [0.15, 0.2) is 0 Å². The van der Waals surface area contributed by atoms with Gasteiger partial charge in [0.2, 0.25) is 0 Å². The SMILES string of the molecule is C=C(C)C(=O)OCCC.C=C[Si](OC)(OC)OC. The monoisotopic (exact) mass is 276 g/mol. The summed E-state index contributed by atoms with van der Waals surface area (Å²) in [5.41, 5.74) is 2.04. The molecule has 0 rings (SSSR count). The zero-order chi connectivity index (χ0) is 14.6. The van der Waals surface area contributed by atoms with E-state index < -0.39 is 8.80 Å². The predicted molar refractivity (Wildman–Crippen MR) is 73.0 cm³/mol. The second kappa shape index (κ2) is 11.2. The molecule has 18 heavy (non-hydrogen) atoms. The van der Waals surface area contributed by atoms with Crippen molar-refractivity contribution in [1.29, 1.82) is 0 Å². The molecule has 0 bridgehead atoms. The Bertz CT molecular complexity index is 253. The van der Waals surface area contributed by atoms with E-state index in [1.807, 2.05) is 6.92 Å². The van der Waals surface area contributed by atoms with Crippen LogP contribution in [0, 0.1) is 0 Å². The molecule has 0 N–H and O–H groups in total. The number of hydrogen-bond acceptors (Lipinski definition) is 5. The maximum atomic E-state index is 10.6. The second-order valence-electron chi connectivity index (χ2n) is 3.34. The van der Waals surface area contributed by atoms with Crippen LogP contribution in [0.4, 0.5) is 0 Å². The topological polar surface area (TPSA) is 54.0 Å². The largest absolute Gasteiger partial charge is 0.528 e. The molecule has 0 saturated heterocycles. The van der Waals surface area contributed by atoms with E-state index in [0.29, 0.717) is 12.2 Å². The highest BCUT2D eigenvalue weighted by atomic mass is 28.4. The fourth-order valence-corrected chi connectivity index (χ4v) is 1.82. The van der Waals surface area contributed by atoms with Crippen molar-refractivity contribution in [2.45, 2.75) is 20.3 Å². The molecular weight excluding hydrogens is 252 g/mol. The zero-order valence-electron chi connectivity index (χ0n) is 11.9. The smallest absolute Gasteiger partial charge is 0.462 e. The number of carbonyl (C=O) groups is 1. The lowest BCUT2D eigenvalue weighted by Crippen LogP contribution is -2.40. The number of esters is 1. The summed E-state index contributed by atoms with van der Waals surface area (Å²) in [5, 5.41) is 0. The molecule has 6 heteroatoms. The molecule has 0 heterocycles. The first-order chi connectivity index (χ1) is 8.42. The van der Waals surface area contributed by atoms with Gasteiger partial charge in [-0.1, -0.05) is 20.1 Å². The van der Waals surface area contributed by atoms with Crippen LogP contribution in [-0.2, 0) is 22.8 Å². The first-order valence-electron chi connectivity index (χ1n) is 5.54. The Morgan fingerprint density at radius 1 is 1.22 bits per heavy atom. The summed E-state index contributed by atoms with van der Waals surface area (Å²) in [6, 6.07) is 0. The average Bonchev–Trinajstić information content (AvgIpc) is 2.40. The first kappa shape index (κ1) is 19.4. The molecule has 0 saturated carbocycles. The van der Waals surface area contributed by atoms with Crippen molar-refractivity contribution in [3.8, 4) is 0 Å². The van der Waals surface area contributed by atoms with Gasteiger partial charge in [0.25, 0.3) is 0 Å². The van der Waals surface area contributed by atoms with Crippen molar-refractivity contribution < 1.29 is 22.8 Å². The summed E-state index contributed by atoms with van der Waals surface area (Å²) >= 11 is 0. The maximum Gasteiger partial charge on any atom is 0.528 e. The molecule has 0 aromatic heterocycles. The first-order valence-corrected chi connectivity index (χ1v) is 7.34. The van der Waals surface area contributed by atoms with Crippen LogP contribution in [0.1, 0.15) is 20.3 Å². The van der Waals surface area contributed by atoms with Gasteiger partial charge < -0.3 is 18.0 Å². The van der Waals surface area contributed by atoms with E-state index in [4.69, 9.17) is 18.0 Å². The lowest BCUT2D eigenvalue weighted by molar-refractivity contribution is -0.138. The van der Waals surface area contributed by atoms with Crippen LogP contribution in [0.3, 0.4) is 0 Å². The minimum atomic E-state index is -2.43. The molecule has 106 valence electrons. The van der Waals surface area contributed by atoms with Crippen LogP contribution >= 0.6 is 0 Å². The molecule has 0 amide bonds. The number of hydrogen-bond donors (Lipinski definition) is 0. The third-order valence-corrected chi connectivity index (χ3v) is 4.10. The van der Waals surface area contributed by atoms with Crippen LogP contribution in [-0.4, -0.2) is 42.7 Å². The molecular formula is C12H24O5Si. The molecule has 0 unspecified atom stereocenters. The van der Waals surface area contributed by atoms with Crippen molar-refractivity contribution >= 4 is 14.8 Å². The van der Waals surface area contributed by atoms with Gasteiger partial charge in [-0.05, 0) is 19.0 Å².